The minimum absolute atomic E-state index is 0.0341. The highest BCUT2D eigenvalue weighted by Gasteiger charge is 2.08. The Morgan fingerprint density at radius 3 is 2.71 bits per heavy atom. The van der Waals surface area contributed by atoms with Crippen molar-refractivity contribution in [1.29, 1.82) is 0 Å². The third kappa shape index (κ3) is 2.81. The van der Waals surface area contributed by atoms with Gasteiger partial charge in [-0.2, -0.15) is 0 Å². The van der Waals surface area contributed by atoms with E-state index in [0.717, 1.165) is 0 Å². The third-order valence-electron chi connectivity index (χ3n) is 1.92. The van der Waals surface area contributed by atoms with Crippen LogP contribution in [-0.4, -0.2) is 42.6 Å². The van der Waals surface area contributed by atoms with E-state index in [9.17, 15) is 9.59 Å². The van der Waals surface area contributed by atoms with Crippen molar-refractivity contribution in [2.75, 3.05) is 20.6 Å². The standard InChI is InChI=1S/C10H14N2O2/c1-12(2)6-5-10(14)9-4-3-8(7-13)11-9/h3-4,7,11H,5-6H2,1-2H3. The first-order chi connectivity index (χ1) is 6.63. The molecule has 1 rings (SSSR count). The first-order valence-corrected chi connectivity index (χ1v) is 4.45. The number of ketones is 1. The average molecular weight is 194 g/mol. The Morgan fingerprint density at radius 2 is 2.21 bits per heavy atom. The molecule has 0 aliphatic carbocycles. The summed E-state index contributed by atoms with van der Waals surface area (Å²) >= 11 is 0. The van der Waals surface area contributed by atoms with Crippen molar-refractivity contribution < 1.29 is 9.59 Å². The smallest absolute Gasteiger partial charge is 0.180 e. The summed E-state index contributed by atoms with van der Waals surface area (Å²) in [6, 6.07) is 3.25. The predicted octanol–water partition coefficient (Wildman–Crippen LogP) is 0.962. The molecule has 0 atom stereocenters. The van der Waals surface area contributed by atoms with Crippen molar-refractivity contribution in [3.05, 3.63) is 23.5 Å². The highest BCUT2D eigenvalue weighted by Crippen LogP contribution is 2.03. The minimum atomic E-state index is 0.0341. The molecule has 0 spiro atoms. The van der Waals surface area contributed by atoms with Crippen LogP contribution in [0.4, 0.5) is 0 Å². The number of Topliss-reactive ketones (excluding diaryl/α,β-unsaturated/α-hetero) is 1. The van der Waals surface area contributed by atoms with E-state index in [-0.39, 0.29) is 5.78 Å². The van der Waals surface area contributed by atoms with Gasteiger partial charge in [-0.1, -0.05) is 0 Å². The van der Waals surface area contributed by atoms with E-state index in [4.69, 9.17) is 0 Å². The maximum atomic E-state index is 11.5. The van der Waals surface area contributed by atoms with Crippen LogP contribution in [0.25, 0.3) is 0 Å². The second-order valence-corrected chi connectivity index (χ2v) is 3.42. The zero-order chi connectivity index (χ0) is 10.6. The zero-order valence-corrected chi connectivity index (χ0v) is 8.41. The lowest BCUT2D eigenvalue weighted by atomic mass is 10.2. The summed E-state index contributed by atoms with van der Waals surface area (Å²) in [6.45, 7) is 0.717. The maximum Gasteiger partial charge on any atom is 0.180 e. The molecule has 1 heterocycles. The number of carbonyl (C=O) groups is 2. The number of hydrogen-bond acceptors (Lipinski definition) is 3. The molecule has 0 unspecified atom stereocenters. The van der Waals surface area contributed by atoms with Gasteiger partial charge in [0.15, 0.2) is 12.1 Å². The molecule has 0 aromatic carbocycles. The summed E-state index contributed by atoms with van der Waals surface area (Å²) in [5.74, 6) is 0.0341. The highest BCUT2D eigenvalue weighted by atomic mass is 16.1. The lowest BCUT2D eigenvalue weighted by Crippen LogP contribution is -2.16. The summed E-state index contributed by atoms with van der Waals surface area (Å²) in [6.07, 6.45) is 1.16. The monoisotopic (exact) mass is 194 g/mol. The molecule has 0 fully saturated rings. The van der Waals surface area contributed by atoms with Crippen molar-refractivity contribution in [3.63, 3.8) is 0 Å². The Bertz CT molecular complexity index is 329. The van der Waals surface area contributed by atoms with Crippen molar-refractivity contribution in [1.82, 2.24) is 9.88 Å². The highest BCUT2D eigenvalue weighted by molar-refractivity contribution is 5.95. The van der Waals surface area contributed by atoms with E-state index < -0.39 is 0 Å². The zero-order valence-electron chi connectivity index (χ0n) is 8.41. The molecule has 0 bridgehead atoms. The van der Waals surface area contributed by atoms with E-state index in [1.165, 1.54) is 0 Å². The average Bonchev–Trinajstić information content (AvgIpc) is 2.62. The molecule has 0 radical (unpaired) electrons. The third-order valence-corrected chi connectivity index (χ3v) is 1.92. The fourth-order valence-electron chi connectivity index (χ4n) is 1.10. The Morgan fingerprint density at radius 1 is 1.50 bits per heavy atom. The number of carbonyl (C=O) groups excluding carboxylic acids is 2. The van der Waals surface area contributed by atoms with Gasteiger partial charge in [-0.05, 0) is 26.2 Å². The van der Waals surface area contributed by atoms with Gasteiger partial charge in [0.05, 0.1) is 11.4 Å². The van der Waals surface area contributed by atoms with Gasteiger partial charge in [0.25, 0.3) is 0 Å². The Balaban J connectivity index is 2.56. The quantitative estimate of drug-likeness (QED) is 0.561. The van der Waals surface area contributed by atoms with Gasteiger partial charge in [-0.3, -0.25) is 9.59 Å². The lowest BCUT2D eigenvalue weighted by Gasteiger charge is -2.07. The van der Waals surface area contributed by atoms with Gasteiger partial charge in [0.1, 0.15) is 0 Å². The molecule has 0 amide bonds. The minimum Gasteiger partial charge on any atom is -0.350 e. The van der Waals surface area contributed by atoms with Gasteiger partial charge in [0.2, 0.25) is 0 Å². The Kier molecular flexibility index (Phi) is 3.59. The number of aldehydes is 1. The fraction of sp³-hybridized carbons (Fsp3) is 0.400. The second-order valence-electron chi connectivity index (χ2n) is 3.42. The first-order valence-electron chi connectivity index (χ1n) is 4.45. The van der Waals surface area contributed by atoms with Gasteiger partial charge in [-0.25, -0.2) is 0 Å². The molecule has 76 valence electrons. The van der Waals surface area contributed by atoms with Crippen LogP contribution in [0.1, 0.15) is 27.4 Å². The van der Waals surface area contributed by atoms with E-state index >= 15 is 0 Å². The van der Waals surface area contributed by atoms with Crippen LogP contribution in [0, 0.1) is 0 Å². The number of aromatic nitrogens is 1. The topological polar surface area (TPSA) is 53.2 Å². The van der Waals surface area contributed by atoms with Crippen LogP contribution in [0.2, 0.25) is 0 Å². The molecule has 1 N–H and O–H groups in total. The molecule has 4 nitrogen and oxygen atoms in total. The second kappa shape index (κ2) is 4.72. The number of aromatic amines is 1. The molecule has 1 aromatic heterocycles. The van der Waals surface area contributed by atoms with E-state index in [0.29, 0.717) is 30.6 Å². The van der Waals surface area contributed by atoms with Crippen LogP contribution in [0.5, 0.6) is 0 Å². The molecular formula is C10H14N2O2. The summed E-state index contributed by atoms with van der Waals surface area (Å²) < 4.78 is 0. The number of H-pyrrole nitrogens is 1. The summed E-state index contributed by atoms with van der Waals surface area (Å²) in [7, 11) is 3.83. The van der Waals surface area contributed by atoms with Crippen LogP contribution in [-0.2, 0) is 0 Å². The fourth-order valence-corrected chi connectivity index (χ4v) is 1.10. The summed E-state index contributed by atoms with van der Waals surface area (Å²) in [5.41, 5.74) is 0.951. The van der Waals surface area contributed by atoms with Gasteiger partial charge in [0, 0.05) is 13.0 Å². The molecule has 0 saturated heterocycles. The maximum absolute atomic E-state index is 11.5. The SMILES string of the molecule is CN(C)CCC(=O)c1ccc(C=O)[nH]1. The van der Waals surface area contributed by atoms with Crippen LogP contribution >= 0.6 is 0 Å². The van der Waals surface area contributed by atoms with Crippen molar-refractivity contribution in [2.24, 2.45) is 0 Å². The van der Waals surface area contributed by atoms with E-state index in [2.05, 4.69) is 4.98 Å². The molecule has 0 aliphatic heterocycles. The van der Waals surface area contributed by atoms with Crippen molar-refractivity contribution >= 4 is 12.1 Å². The van der Waals surface area contributed by atoms with Crippen molar-refractivity contribution in [2.45, 2.75) is 6.42 Å². The van der Waals surface area contributed by atoms with Crippen molar-refractivity contribution in [3.8, 4) is 0 Å². The molecule has 0 saturated carbocycles. The van der Waals surface area contributed by atoms with Gasteiger partial charge >= 0.3 is 0 Å². The molecular weight excluding hydrogens is 180 g/mol. The molecule has 1 aromatic rings. The van der Waals surface area contributed by atoms with E-state index in [1.54, 1.807) is 12.1 Å². The van der Waals surface area contributed by atoms with Crippen LogP contribution in [0.15, 0.2) is 12.1 Å². The van der Waals surface area contributed by atoms with Crippen LogP contribution in [0.3, 0.4) is 0 Å². The molecule has 0 aliphatic rings. The van der Waals surface area contributed by atoms with Gasteiger partial charge < -0.3 is 9.88 Å². The molecule has 4 heteroatoms. The van der Waals surface area contributed by atoms with Crippen LogP contribution < -0.4 is 0 Å². The Labute approximate surface area is 82.9 Å². The first kappa shape index (κ1) is 10.7. The largest absolute Gasteiger partial charge is 0.350 e. The number of nitrogens with one attached hydrogen (secondary N) is 1. The summed E-state index contributed by atoms with van der Waals surface area (Å²) in [4.78, 5) is 26.6. The number of hydrogen-bond donors (Lipinski definition) is 1. The predicted molar refractivity (Wildman–Crippen MR) is 53.7 cm³/mol. The summed E-state index contributed by atoms with van der Waals surface area (Å²) in [5, 5.41) is 0. The molecule has 14 heavy (non-hydrogen) atoms. The van der Waals surface area contributed by atoms with E-state index in [1.807, 2.05) is 19.0 Å². The lowest BCUT2D eigenvalue weighted by molar-refractivity contribution is 0.0968. The Hall–Kier alpha value is -1.42. The normalized spacial score (nSPS) is 10.5. The van der Waals surface area contributed by atoms with Gasteiger partial charge in [-0.15, -0.1) is 0 Å². The number of nitrogens with zero attached hydrogens (tertiary/aromatic N) is 1. The number of rotatable bonds is 5.